The Morgan fingerprint density at radius 2 is 2.00 bits per heavy atom. The van der Waals surface area contributed by atoms with Crippen LogP contribution < -0.4 is 5.56 Å². The molecule has 0 aliphatic rings. The van der Waals surface area contributed by atoms with Crippen LogP contribution in [0.2, 0.25) is 0 Å². The molecule has 0 bridgehead atoms. The third-order valence-electron chi connectivity index (χ3n) is 3.74. The van der Waals surface area contributed by atoms with Gasteiger partial charge in [0.1, 0.15) is 5.56 Å². The first kappa shape index (κ1) is 14.4. The highest BCUT2D eigenvalue weighted by molar-refractivity contribution is 7.14. The number of carboxylic acid groups (broad SMARTS) is 1. The molecule has 0 amide bonds. The second kappa shape index (κ2) is 5.47. The molecule has 3 aromatic heterocycles. The van der Waals surface area contributed by atoms with E-state index < -0.39 is 11.5 Å². The van der Waals surface area contributed by atoms with E-state index in [0.29, 0.717) is 5.65 Å². The van der Waals surface area contributed by atoms with Crippen molar-refractivity contribution in [3.8, 4) is 21.6 Å². The molecule has 6 nitrogen and oxygen atoms in total. The Morgan fingerprint density at radius 1 is 1.21 bits per heavy atom. The van der Waals surface area contributed by atoms with Gasteiger partial charge in [0.25, 0.3) is 5.56 Å². The lowest BCUT2D eigenvalue weighted by atomic mass is 10.1. The Bertz CT molecular complexity index is 1110. The van der Waals surface area contributed by atoms with Crippen LogP contribution in [0.1, 0.15) is 10.4 Å². The molecule has 3 heterocycles. The maximum atomic E-state index is 12.2. The monoisotopic (exact) mass is 337 g/mol. The van der Waals surface area contributed by atoms with Gasteiger partial charge in [0.05, 0.1) is 5.56 Å². The highest BCUT2D eigenvalue weighted by atomic mass is 32.1. The lowest BCUT2D eigenvalue weighted by Gasteiger charge is -1.97. The van der Waals surface area contributed by atoms with Crippen molar-refractivity contribution in [2.75, 3.05) is 0 Å². The lowest BCUT2D eigenvalue weighted by molar-refractivity contribution is 0.0694. The van der Waals surface area contributed by atoms with Gasteiger partial charge in [-0.1, -0.05) is 30.3 Å². The predicted molar refractivity (Wildman–Crippen MR) is 91.5 cm³/mol. The molecule has 4 aromatic rings. The molecule has 0 saturated heterocycles. The Kier molecular flexibility index (Phi) is 3.28. The number of fused-ring (bicyclic) bond motifs is 1. The van der Waals surface area contributed by atoms with E-state index in [4.69, 9.17) is 5.11 Å². The van der Waals surface area contributed by atoms with Gasteiger partial charge in [0.2, 0.25) is 0 Å². The van der Waals surface area contributed by atoms with Gasteiger partial charge in [-0.25, -0.2) is 14.3 Å². The molecule has 2 N–H and O–H groups in total. The number of hydrogen-bond acceptors (Lipinski definition) is 4. The summed E-state index contributed by atoms with van der Waals surface area (Å²) in [5, 5.41) is 13.8. The average Bonchev–Trinajstić information content (AvgIpc) is 3.22. The number of carbonyl (C=O) groups is 1. The molecule has 118 valence electrons. The highest BCUT2D eigenvalue weighted by Gasteiger charge is 2.16. The van der Waals surface area contributed by atoms with Crippen molar-refractivity contribution < 1.29 is 9.90 Å². The first-order chi connectivity index (χ1) is 11.6. The second-order valence-corrected chi connectivity index (χ2v) is 6.11. The van der Waals surface area contributed by atoms with Crippen molar-refractivity contribution in [1.82, 2.24) is 14.6 Å². The standard InChI is InChI=1S/C17H11N3O3S/c21-16-13(17(22)23)7-18-15-12(8-19-20(15)16)14-6-11(9-24-14)10-4-2-1-3-5-10/h1-9,19H,(H,22,23). The summed E-state index contributed by atoms with van der Waals surface area (Å²) in [4.78, 5) is 28.3. The number of nitrogens with one attached hydrogen (secondary N) is 1. The zero-order valence-electron chi connectivity index (χ0n) is 12.3. The summed E-state index contributed by atoms with van der Waals surface area (Å²) in [6.07, 6.45) is 2.76. The molecule has 24 heavy (non-hydrogen) atoms. The number of aromatic amines is 1. The van der Waals surface area contributed by atoms with Crippen molar-refractivity contribution >= 4 is 23.0 Å². The maximum absolute atomic E-state index is 12.2. The molecule has 0 atom stereocenters. The number of carboxylic acids is 1. The molecule has 0 saturated carbocycles. The SMILES string of the molecule is O=C(O)c1cnc2c(-c3cc(-c4ccccc4)cs3)c[nH]n2c1=O. The van der Waals surface area contributed by atoms with E-state index in [1.54, 1.807) is 17.5 Å². The summed E-state index contributed by atoms with van der Waals surface area (Å²) in [7, 11) is 0. The Balaban J connectivity index is 1.84. The van der Waals surface area contributed by atoms with Gasteiger partial charge >= 0.3 is 5.97 Å². The van der Waals surface area contributed by atoms with Crippen LogP contribution in [0.15, 0.2) is 59.0 Å². The van der Waals surface area contributed by atoms with Crippen LogP contribution in [-0.4, -0.2) is 25.7 Å². The van der Waals surface area contributed by atoms with E-state index >= 15 is 0 Å². The molecule has 4 rings (SSSR count). The average molecular weight is 337 g/mol. The minimum absolute atomic E-state index is 0.364. The zero-order chi connectivity index (χ0) is 16.7. The van der Waals surface area contributed by atoms with E-state index in [-0.39, 0.29) is 5.56 Å². The van der Waals surface area contributed by atoms with Gasteiger partial charge in [-0.05, 0) is 22.6 Å². The summed E-state index contributed by atoms with van der Waals surface area (Å²) < 4.78 is 1.15. The van der Waals surface area contributed by atoms with Crippen molar-refractivity contribution in [2.24, 2.45) is 0 Å². The molecule has 0 unspecified atom stereocenters. The van der Waals surface area contributed by atoms with Gasteiger partial charge in [-0.3, -0.25) is 9.89 Å². The van der Waals surface area contributed by atoms with Crippen LogP contribution in [-0.2, 0) is 0 Å². The first-order valence-electron chi connectivity index (χ1n) is 7.12. The van der Waals surface area contributed by atoms with E-state index in [1.807, 2.05) is 41.8 Å². The number of aromatic carboxylic acids is 1. The van der Waals surface area contributed by atoms with Crippen molar-refractivity contribution in [3.63, 3.8) is 0 Å². The summed E-state index contributed by atoms with van der Waals surface area (Å²) >= 11 is 1.54. The number of thiophene rings is 1. The third-order valence-corrected chi connectivity index (χ3v) is 4.71. The minimum Gasteiger partial charge on any atom is -0.477 e. The topological polar surface area (TPSA) is 87.5 Å². The second-order valence-electron chi connectivity index (χ2n) is 5.19. The van der Waals surface area contributed by atoms with Crippen LogP contribution in [0.4, 0.5) is 0 Å². The van der Waals surface area contributed by atoms with Crippen LogP contribution in [0.3, 0.4) is 0 Å². The number of rotatable bonds is 3. The molecular weight excluding hydrogens is 326 g/mol. The normalized spacial score (nSPS) is 11.0. The van der Waals surface area contributed by atoms with Crippen LogP contribution in [0, 0.1) is 0 Å². The van der Waals surface area contributed by atoms with Crippen molar-refractivity contribution in [1.29, 1.82) is 0 Å². The number of H-pyrrole nitrogens is 1. The molecule has 0 aliphatic heterocycles. The summed E-state index contributed by atoms with van der Waals surface area (Å²) in [6, 6.07) is 12.0. The Hall–Kier alpha value is -3.19. The van der Waals surface area contributed by atoms with Crippen molar-refractivity contribution in [3.05, 3.63) is 70.1 Å². The third kappa shape index (κ3) is 2.22. The first-order valence-corrected chi connectivity index (χ1v) is 8.00. The molecular formula is C17H11N3O3S. The molecule has 0 fully saturated rings. The number of benzene rings is 1. The fourth-order valence-electron chi connectivity index (χ4n) is 2.55. The molecule has 1 aromatic carbocycles. The van der Waals surface area contributed by atoms with E-state index in [0.717, 1.165) is 32.3 Å². The lowest BCUT2D eigenvalue weighted by Crippen LogP contribution is -2.22. The largest absolute Gasteiger partial charge is 0.477 e. The molecule has 0 radical (unpaired) electrons. The number of aromatic nitrogens is 3. The van der Waals surface area contributed by atoms with Gasteiger partial charge in [-0.2, -0.15) is 0 Å². The quantitative estimate of drug-likeness (QED) is 0.601. The molecule has 7 heteroatoms. The fourth-order valence-corrected chi connectivity index (χ4v) is 3.48. The summed E-state index contributed by atoms with van der Waals surface area (Å²) in [5.41, 5.74) is 2.37. The maximum Gasteiger partial charge on any atom is 0.343 e. The molecule has 0 spiro atoms. The minimum atomic E-state index is -1.29. The van der Waals surface area contributed by atoms with E-state index in [9.17, 15) is 9.59 Å². The molecule has 0 aliphatic carbocycles. The van der Waals surface area contributed by atoms with Crippen molar-refractivity contribution in [2.45, 2.75) is 0 Å². The summed E-state index contributed by atoms with van der Waals surface area (Å²) in [5.74, 6) is -1.29. The van der Waals surface area contributed by atoms with Gasteiger partial charge < -0.3 is 5.11 Å². The van der Waals surface area contributed by atoms with Gasteiger partial charge in [0, 0.05) is 17.3 Å². The predicted octanol–water partition coefficient (Wildman–Crippen LogP) is 3.12. The smallest absolute Gasteiger partial charge is 0.343 e. The zero-order valence-corrected chi connectivity index (χ0v) is 13.1. The van der Waals surface area contributed by atoms with Crippen LogP contribution in [0.25, 0.3) is 27.2 Å². The summed E-state index contributed by atoms with van der Waals surface area (Å²) in [6.45, 7) is 0. The Morgan fingerprint density at radius 3 is 2.75 bits per heavy atom. The van der Waals surface area contributed by atoms with Crippen LogP contribution >= 0.6 is 11.3 Å². The number of nitrogens with zero attached hydrogens (tertiary/aromatic N) is 2. The fraction of sp³-hybridized carbons (Fsp3) is 0. The van der Waals surface area contributed by atoms with E-state index in [2.05, 4.69) is 10.1 Å². The highest BCUT2D eigenvalue weighted by Crippen LogP contribution is 2.33. The van der Waals surface area contributed by atoms with Gasteiger partial charge in [0.15, 0.2) is 5.65 Å². The van der Waals surface area contributed by atoms with Gasteiger partial charge in [-0.15, -0.1) is 11.3 Å². The van der Waals surface area contributed by atoms with E-state index in [1.165, 1.54) is 0 Å². The number of hydrogen-bond donors (Lipinski definition) is 2. The Labute approximate surface area is 139 Å². The van der Waals surface area contributed by atoms with Crippen LogP contribution in [0.5, 0.6) is 0 Å².